The molecule has 36 heavy (non-hydrogen) atoms. The van der Waals surface area contributed by atoms with Gasteiger partial charge in [-0.3, -0.25) is 5.41 Å². The molecule has 2 aliphatic heterocycles. The molecule has 2 saturated heterocycles. The van der Waals surface area contributed by atoms with E-state index in [4.69, 9.17) is 68.6 Å². The third-order valence-corrected chi connectivity index (χ3v) is 6.02. The van der Waals surface area contributed by atoms with Gasteiger partial charge in [0.05, 0.1) is 18.8 Å². The summed E-state index contributed by atoms with van der Waals surface area (Å²) in [6.07, 6.45) is -4.00. The van der Waals surface area contributed by atoms with Crippen molar-refractivity contribution >= 4 is 46.7 Å². The van der Waals surface area contributed by atoms with E-state index >= 15 is 0 Å². The van der Waals surface area contributed by atoms with Crippen molar-refractivity contribution in [3.63, 3.8) is 0 Å². The number of alkyl halides is 3. The summed E-state index contributed by atoms with van der Waals surface area (Å²) in [5, 5.41) is 8.04. The molecule has 1 N–H and O–H groups in total. The van der Waals surface area contributed by atoms with Gasteiger partial charge in [-0.1, -0.05) is 89.4 Å². The number of carbonyl (C=O) groups excluding carboxylic acids is 1. The van der Waals surface area contributed by atoms with Crippen molar-refractivity contribution < 1.29 is 33.2 Å². The number of hydrogen-bond donors (Lipinski definition) is 1. The minimum atomic E-state index is -2.16. The lowest BCUT2D eigenvalue weighted by Gasteiger charge is -2.48. The van der Waals surface area contributed by atoms with Gasteiger partial charge >= 0.3 is 5.97 Å². The van der Waals surface area contributed by atoms with Crippen molar-refractivity contribution in [2.45, 2.75) is 40.8 Å². The molecular weight excluding hydrogens is 533 g/mol. The van der Waals surface area contributed by atoms with Crippen LogP contribution in [0.15, 0.2) is 73.3 Å². The zero-order valence-electron chi connectivity index (χ0n) is 18.9. The van der Waals surface area contributed by atoms with Crippen LogP contribution in [0.4, 0.5) is 0 Å². The van der Waals surface area contributed by atoms with Crippen LogP contribution in [0.2, 0.25) is 0 Å². The zero-order chi connectivity index (χ0) is 25.7. The number of rotatable bonds is 7. The molecule has 2 aromatic carbocycles. The Morgan fingerprint density at radius 3 is 2.33 bits per heavy atom. The van der Waals surface area contributed by atoms with Gasteiger partial charge in [0.15, 0.2) is 12.4 Å². The van der Waals surface area contributed by atoms with Crippen molar-refractivity contribution in [2.75, 3.05) is 13.2 Å². The van der Waals surface area contributed by atoms with Crippen LogP contribution < -0.4 is 0 Å². The molecule has 0 amide bonds. The first-order valence-corrected chi connectivity index (χ1v) is 12.2. The molecule has 1 unspecified atom stereocenters. The van der Waals surface area contributed by atoms with Crippen molar-refractivity contribution in [3.05, 3.63) is 84.4 Å². The molecule has 0 saturated carbocycles. The molecule has 0 aliphatic carbocycles. The average Bonchev–Trinajstić information content (AvgIpc) is 2.88. The van der Waals surface area contributed by atoms with Crippen LogP contribution >= 0.6 is 34.8 Å². The SMILES string of the molecule is C=CCO[C@@H]1[C@@H](OC(=O)c2ccccc2)[C@@H](OC(=N)C(Cl)(Cl)Cl)O[C@@H]2COC(c3ccccc3)O[C@@H]12. The second kappa shape index (κ2) is 11.9. The minimum absolute atomic E-state index is 0.110. The summed E-state index contributed by atoms with van der Waals surface area (Å²) in [6.45, 7) is 3.92. The quantitative estimate of drug-likeness (QED) is 0.169. The van der Waals surface area contributed by atoms with Crippen LogP contribution in [0, 0.1) is 5.41 Å². The van der Waals surface area contributed by atoms with E-state index < -0.39 is 52.7 Å². The Labute approximate surface area is 223 Å². The van der Waals surface area contributed by atoms with Gasteiger partial charge in [0, 0.05) is 5.56 Å². The number of nitrogens with one attached hydrogen (secondary N) is 1. The average molecular weight is 557 g/mol. The maximum Gasteiger partial charge on any atom is 0.338 e. The van der Waals surface area contributed by atoms with Crippen LogP contribution in [0.25, 0.3) is 0 Å². The summed E-state index contributed by atoms with van der Waals surface area (Å²) >= 11 is 17.5. The van der Waals surface area contributed by atoms with E-state index in [1.54, 1.807) is 36.4 Å². The number of hydrogen-bond acceptors (Lipinski definition) is 8. The molecule has 0 bridgehead atoms. The van der Waals surface area contributed by atoms with E-state index in [9.17, 15) is 4.79 Å². The van der Waals surface area contributed by atoms with E-state index in [2.05, 4.69) is 6.58 Å². The highest BCUT2D eigenvalue weighted by atomic mass is 35.6. The monoisotopic (exact) mass is 555 g/mol. The molecule has 0 aromatic heterocycles. The zero-order valence-corrected chi connectivity index (χ0v) is 21.2. The van der Waals surface area contributed by atoms with E-state index in [-0.39, 0.29) is 13.2 Å². The molecule has 2 fully saturated rings. The fourth-order valence-electron chi connectivity index (χ4n) is 3.86. The second-order valence-corrected chi connectivity index (χ2v) is 10.3. The Kier molecular flexibility index (Phi) is 8.90. The Morgan fingerprint density at radius 2 is 1.69 bits per heavy atom. The fraction of sp³-hybridized carbons (Fsp3) is 0.360. The largest absolute Gasteiger partial charge is 0.449 e. The summed E-state index contributed by atoms with van der Waals surface area (Å²) in [7, 11) is 0. The first-order valence-electron chi connectivity index (χ1n) is 11.1. The third kappa shape index (κ3) is 6.39. The van der Waals surface area contributed by atoms with Gasteiger partial charge < -0.3 is 28.4 Å². The minimum Gasteiger partial charge on any atom is -0.449 e. The van der Waals surface area contributed by atoms with Gasteiger partial charge in [0.1, 0.15) is 18.3 Å². The predicted octanol–water partition coefficient (Wildman–Crippen LogP) is 4.99. The Balaban J connectivity index is 1.64. The normalized spacial score (nSPS) is 28.0. The summed E-state index contributed by atoms with van der Waals surface area (Å²) in [5.41, 5.74) is 1.10. The highest BCUT2D eigenvalue weighted by Gasteiger charge is 2.54. The summed E-state index contributed by atoms with van der Waals surface area (Å²) < 4.78 is 33.4. The fourth-order valence-corrected chi connectivity index (χ4v) is 4.00. The summed E-state index contributed by atoms with van der Waals surface area (Å²) in [6, 6.07) is 17.7. The second-order valence-electron chi connectivity index (χ2n) is 7.99. The molecule has 6 atom stereocenters. The molecule has 4 rings (SSSR count). The maximum atomic E-state index is 13.0. The molecular formula is C25H24Cl3NO7. The van der Waals surface area contributed by atoms with E-state index in [1.807, 2.05) is 30.3 Å². The first-order chi connectivity index (χ1) is 17.3. The highest BCUT2D eigenvalue weighted by Crippen LogP contribution is 2.38. The Hall–Kier alpha value is -2.17. The molecule has 11 heteroatoms. The lowest BCUT2D eigenvalue weighted by Crippen LogP contribution is -2.64. The van der Waals surface area contributed by atoms with E-state index in [0.29, 0.717) is 5.56 Å². The van der Waals surface area contributed by atoms with Gasteiger partial charge in [0.2, 0.25) is 12.2 Å². The van der Waals surface area contributed by atoms with Crippen LogP contribution in [0.5, 0.6) is 0 Å². The number of halogens is 3. The first kappa shape index (κ1) is 26.9. The lowest BCUT2D eigenvalue weighted by atomic mass is 9.97. The molecule has 8 nitrogen and oxygen atoms in total. The van der Waals surface area contributed by atoms with Crippen LogP contribution in [-0.2, 0) is 28.4 Å². The molecule has 192 valence electrons. The van der Waals surface area contributed by atoms with Gasteiger partial charge in [-0.15, -0.1) is 6.58 Å². The van der Waals surface area contributed by atoms with Gasteiger partial charge in [-0.05, 0) is 12.1 Å². The molecule has 2 aliphatic rings. The molecule has 2 aromatic rings. The Bertz CT molecular complexity index is 1050. The smallest absolute Gasteiger partial charge is 0.338 e. The van der Waals surface area contributed by atoms with Crippen LogP contribution in [0.1, 0.15) is 22.2 Å². The maximum absolute atomic E-state index is 13.0. The molecule has 0 spiro atoms. The van der Waals surface area contributed by atoms with Crippen molar-refractivity contribution in [1.29, 1.82) is 5.41 Å². The number of esters is 1. The van der Waals surface area contributed by atoms with E-state index in [0.717, 1.165) is 5.56 Å². The highest BCUT2D eigenvalue weighted by molar-refractivity contribution is 6.76. The topological polar surface area (TPSA) is 96.3 Å². The number of ether oxygens (including phenoxy) is 6. The third-order valence-electron chi connectivity index (χ3n) is 5.51. The van der Waals surface area contributed by atoms with Crippen molar-refractivity contribution in [1.82, 2.24) is 0 Å². The number of benzene rings is 2. The van der Waals surface area contributed by atoms with Gasteiger partial charge in [0.25, 0.3) is 3.79 Å². The number of carbonyl (C=O) groups is 1. The lowest BCUT2D eigenvalue weighted by molar-refractivity contribution is -0.355. The van der Waals surface area contributed by atoms with Gasteiger partial charge in [-0.2, -0.15) is 0 Å². The van der Waals surface area contributed by atoms with Crippen LogP contribution in [-0.4, -0.2) is 59.6 Å². The van der Waals surface area contributed by atoms with Gasteiger partial charge in [-0.25, -0.2) is 4.79 Å². The van der Waals surface area contributed by atoms with Crippen molar-refractivity contribution in [3.8, 4) is 0 Å². The Morgan fingerprint density at radius 1 is 1.03 bits per heavy atom. The standard InChI is InChI=1S/C25H24Cl3NO7/c1-2-13-31-19-18-17(14-32-22(35-18)16-11-7-4-8-12-16)33-23(36-24(29)25(26,27)28)20(19)34-21(30)15-9-5-3-6-10-15/h2-12,17-20,22-23,29H,1,13-14H2/t17-,18-,19+,20-,22?,23-/m1/s1. The molecule has 2 heterocycles. The summed E-state index contributed by atoms with van der Waals surface area (Å²) in [4.78, 5) is 13.0. The predicted molar refractivity (Wildman–Crippen MR) is 133 cm³/mol. The molecule has 0 radical (unpaired) electrons. The van der Waals surface area contributed by atoms with Crippen LogP contribution in [0.3, 0.4) is 0 Å². The number of fused-ring (bicyclic) bond motifs is 1. The van der Waals surface area contributed by atoms with Crippen molar-refractivity contribution in [2.24, 2.45) is 0 Å². The van der Waals surface area contributed by atoms with E-state index in [1.165, 1.54) is 0 Å². The summed E-state index contributed by atoms with van der Waals surface area (Å²) in [5.74, 6) is -1.37.